The lowest BCUT2D eigenvalue weighted by Crippen LogP contribution is -1.99. The predicted octanol–water partition coefficient (Wildman–Crippen LogP) is 5.26. The molecule has 0 aromatic heterocycles. The van der Waals surface area contributed by atoms with Crippen molar-refractivity contribution in [2.24, 2.45) is 0 Å². The Morgan fingerprint density at radius 2 is 2.00 bits per heavy atom. The Morgan fingerprint density at radius 3 is 2.68 bits per heavy atom. The predicted molar refractivity (Wildman–Crippen MR) is 83.0 cm³/mol. The molecule has 2 nitrogen and oxygen atoms in total. The summed E-state index contributed by atoms with van der Waals surface area (Å²) in [5.74, 6) is 0.526. The molecule has 98 valence electrons. The molecule has 0 spiro atoms. The van der Waals surface area contributed by atoms with E-state index in [0.29, 0.717) is 22.9 Å². The molecule has 0 heterocycles. The van der Waals surface area contributed by atoms with Gasteiger partial charge in [-0.05, 0) is 45.8 Å². The van der Waals surface area contributed by atoms with Gasteiger partial charge in [0.25, 0.3) is 0 Å². The van der Waals surface area contributed by atoms with E-state index in [1.807, 2.05) is 24.3 Å². The molecule has 2 rings (SSSR count). The lowest BCUT2D eigenvalue weighted by Gasteiger charge is -2.11. The highest BCUT2D eigenvalue weighted by molar-refractivity contribution is 9.11. The first-order valence-corrected chi connectivity index (χ1v) is 7.38. The molecule has 19 heavy (non-hydrogen) atoms. The highest BCUT2D eigenvalue weighted by Crippen LogP contribution is 2.32. The van der Waals surface area contributed by atoms with Gasteiger partial charge in [-0.25, -0.2) is 0 Å². The average Bonchev–Trinajstić information content (AvgIpc) is 2.37. The fourth-order valence-electron chi connectivity index (χ4n) is 1.60. The van der Waals surface area contributed by atoms with Crippen LogP contribution in [-0.2, 0) is 6.61 Å². The molecule has 0 N–H and O–H groups in total. The van der Waals surface area contributed by atoms with Crippen LogP contribution in [0.4, 0.5) is 0 Å². The van der Waals surface area contributed by atoms with E-state index in [1.165, 1.54) is 0 Å². The number of rotatable bonds is 4. The Bertz CT molecular complexity index is 614. The molecule has 0 aliphatic carbocycles. The molecule has 0 saturated heterocycles. The van der Waals surface area contributed by atoms with Gasteiger partial charge in [-0.3, -0.25) is 4.79 Å². The topological polar surface area (TPSA) is 26.3 Å². The zero-order valence-corrected chi connectivity index (χ0v) is 13.6. The van der Waals surface area contributed by atoms with Gasteiger partial charge in [0.05, 0.1) is 10.0 Å². The number of hydrogen-bond acceptors (Lipinski definition) is 2. The summed E-state index contributed by atoms with van der Waals surface area (Å²) in [6.07, 6.45) is 0.767. The maximum atomic E-state index is 11.1. The van der Waals surface area contributed by atoms with Crippen molar-refractivity contribution in [2.75, 3.05) is 0 Å². The van der Waals surface area contributed by atoms with Crippen LogP contribution in [0.3, 0.4) is 0 Å². The molecule has 0 amide bonds. The molecule has 0 aliphatic heterocycles. The Morgan fingerprint density at radius 1 is 1.21 bits per heavy atom. The maximum absolute atomic E-state index is 11.1. The molecule has 0 saturated carbocycles. The normalized spacial score (nSPS) is 10.3. The van der Waals surface area contributed by atoms with Crippen molar-refractivity contribution in [2.45, 2.75) is 6.61 Å². The summed E-state index contributed by atoms with van der Waals surface area (Å²) in [6.45, 7) is 0.349. The minimum Gasteiger partial charge on any atom is -0.487 e. The van der Waals surface area contributed by atoms with Gasteiger partial charge in [0.1, 0.15) is 12.4 Å². The highest BCUT2D eigenvalue weighted by atomic mass is 79.9. The largest absolute Gasteiger partial charge is 0.487 e. The number of aldehydes is 1. The first kappa shape index (κ1) is 14.6. The van der Waals surface area contributed by atoms with Crippen molar-refractivity contribution < 1.29 is 9.53 Å². The van der Waals surface area contributed by atoms with Gasteiger partial charge in [0, 0.05) is 9.50 Å². The second-order valence-corrected chi connectivity index (χ2v) is 6.05. The Kier molecular flexibility index (Phi) is 5.02. The number of carbonyl (C=O) groups excluding carboxylic acids is 1. The van der Waals surface area contributed by atoms with Crippen molar-refractivity contribution in [3.8, 4) is 5.75 Å². The smallest absolute Gasteiger partial charge is 0.153 e. The van der Waals surface area contributed by atoms with Gasteiger partial charge >= 0.3 is 0 Å². The molecule has 0 bridgehead atoms. The number of hydrogen-bond donors (Lipinski definition) is 0. The Labute approximate surface area is 133 Å². The fraction of sp³-hybridized carbons (Fsp3) is 0.0714. The minimum atomic E-state index is 0.349. The van der Waals surface area contributed by atoms with Crippen LogP contribution in [0, 0.1) is 0 Å². The van der Waals surface area contributed by atoms with Gasteiger partial charge in [-0.15, -0.1) is 0 Å². The molecule has 0 atom stereocenters. The lowest BCUT2D eigenvalue weighted by molar-refractivity contribution is 0.111. The van der Waals surface area contributed by atoms with E-state index in [9.17, 15) is 4.79 Å². The van der Waals surface area contributed by atoms with E-state index >= 15 is 0 Å². The summed E-state index contributed by atoms with van der Waals surface area (Å²) in [5, 5.41) is 0.659. The molecule has 0 aliphatic rings. The standard InChI is InChI=1S/C14H9Br2ClO2/c15-11-5-10(7-18)14(13(16)6-11)19-8-9-2-1-3-12(17)4-9/h1-7H,8H2. The van der Waals surface area contributed by atoms with Crippen molar-refractivity contribution >= 4 is 49.7 Å². The van der Waals surface area contributed by atoms with Gasteiger partial charge in [-0.1, -0.05) is 39.7 Å². The van der Waals surface area contributed by atoms with E-state index in [1.54, 1.807) is 12.1 Å². The molecule has 2 aromatic rings. The third-order valence-corrected chi connectivity index (χ3v) is 3.72. The Hall–Kier alpha value is -0.840. The van der Waals surface area contributed by atoms with E-state index in [0.717, 1.165) is 20.8 Å². The molecule has 2 aromatic carbocycles. The first-order valence-electron chi connectivity index (χ1n) is 5.41. The van der Waals surface area contributed by atoms with Crippen LogP contribution < -0.4 is 4.74 Å². The second kappa shape index (κ2) is 6.55. The van der Waals surface area contributed by atoms with Gasteiger partial charge in [-0.2, -0.15) is 0 Å². The highest BCUT2D eigenvalue weighted by Gasteiger charge is 2.10. The second-order valence-electron chi connectivity index (χ2n) is 3.84. The quantitative estimate of drug-likeness (QED) is 0.650. The number of halogens is 3. The lowest BCUT2D eigenvalue weighted by atomic mass is 10.2. The van der Waals surface area contributed by atoms with E-state index in [-0.39, 0.29) is 0 Å². The SMILES string of the molecule is O=Cc1cc(Br)cc(Br)c1OCc1cccc(Cl)c1. The summed E-state index contributed by atoms with van der Waals surface area (Å²) >= 11 is 12.6. The molecule has 0 unspecified atom stereocenters. The molecule has 0 fully saturated rings. The van der Waals surface area contributed by atoms with Crippen molar-refractivity contribution in [1.29, 1.82) is 0 Å². The van der Waals surface area contributed by atoms with E-state index in [4.69, 9.17) is 16.3 Å². The third-order valence-electron chi connectivity index (χ3n) is 2.44. The summed E-state index contributed by atoms with van der Waals surface area (Å²) < 4.78 is 7.24. The summed E-state index contributed by atoms with van der Waals surface area (Å²) in [6, 6.07) is 11.0. The summed E-state index contributed by atoms with van der Waals surface area (Å²) in [4.78, 5) is 11.1. The van der Waals surface area contributed by atoms with Crippen LogP contribution in [0.5, 0.6) is 5.75 Å². The van der Waals surface area contributed by atoms with E-state index < -0.39 is 0 Å². The van der Waals surface area contributed by atoms with Gasteiger partial charge in [0.15, 0.2) is 6.29 Å². The van der Waals surface area contributed by atoms with Gasteiger partial charge < -0.3 is 4.74 Å². The first-order chi connectivity index (χ1) is 9.10. The number of benzene rings is 2. The van der Waals surface area contributed by atoms with Crippen molar-refractivity contribution in [3.63, 3.8) is 0 Å². The number of ether oxygens (including phenoxy) is 1. The van der Waals surface area contributed by atoms with Crippen LogP contribution in [0.15, 0.2) is 45.3 Å². The van der Waals surface area contributed by atoms with Crippen LogP contribution in [-0.4, -0.2) is 6.29 Å². The van der Waals surface area contributed by atoms with Crippen molar-refractivity contribution in [1.82, 2.24) is 0 Å². The molecular weight excluding hydrogens is 395 g/mol. The van der Waals surface area contributed by atoms with Crippen LogP contribution in [0.1, 0.15) is 15.9 Å². The van der Waals surface area contributed by atoms with Crippen LogP contribution in [0.2, 0.25) is 5.02 Å². The van der Waals surface area contributed by atoms with Crippen molar-refractivity contribution in [3.05, 3.63) is 61.5 Å². The summed E-state index contributed by atoms with van der Waals surface area (Å²) in [5.41, 5.74) is 1.43. The average molecular weight is 404 g/mol. The molecule has 0 radical (unpaired) electrons. The third kappa shape index (κ3) is 3.81. The summed E-state index contributed by atoms with van der Waals surface area (Å²) in [7, 11) is 0. The fourth-order valence-corrected chi connectivity index (χ4v) is 3.19. The monoisotopic (exact) mass is 402 g/mol. The molecule has 5 heteroatoms. The van der Waals surface area contributed by atoms with Gasteiger partial charge in [0.2, 0.25) is 0 Å². The van der Waals surface area contributed by atoms with E-state index in [2.05, 4.69) is 31.9 Å². The molecular formula is C14H9Br2ClO2. The minimum absolute atomic E-state index is 0.349. The van der Waals surface area contributed by atoms with Crippen LogP contribution >= 0.6 is 43.5 Å². The van der Waals surface area contributed by atoms with Crippen LogP contribution in [0.25, 0.3) is 0 Å². The zero-order valence-electron chi connectivity index (χ0n) is 9.70. The Balaban J connectivity index is 2.22. The number of carbonyl (C=O) groups is 1. The zero-order chi connectivity index (χ0) is 13.8. The maximum Gasteiger partial charge on any atom is 0.153 e.